The minimum absolute atomic E-state index is 0.742. The van der Waals surface area contributed by atoms with Crippen molar-refractivity contribution in [3.63, 3.8) is 0 Å². The molecular weight excluding hydrogens is 280 g/mol. The van der Waals surface area contributed by atoms with Gasteiger partial charge in [-0.2, -0.15) is 5.10 Å². The molecule has 0 radical (unpaired) electrons. The van der Waals surface area contributed by atoms with Crippen molar-refractivity contribution in [1.29, 1.82) is 0 Å². The maximum Gasteiger partial charge on any atom is 0.0897 e. The van der Waals surface area contributed by atoms with Crippen molar-refractivity contribution in [2.75, 3.05) is 6.54 Å². The first-order valence-corrected chi connectivity index (χ1v) is 7.69. The van der Waals surface area contributed by atoms with E-state index in [9.17, 15) is 0 Å². The predicted octanol–water partition coefficient (Wildman–Crippen LogP) is 2.73. The number of aryl methyl sites for hydroxylation is 3. The first-order valence-electron chi connectivity index (χ1n) is 6.43. The Morgan fingerprint density at radius 3 is 2.84 bits per heavy atom. The summed E-state index contributed by atoms with van der Waals surface area (Å²) in [6.45, 7) is 5.73. The molecule has 2 rings (SSSR count). The van der Waals surface area contributed by atoms with Crippen molar-refractivity contribution >= 4 is 22.9 Å². The van der Waals surface area contributed by atoms with Crippen LogP contribution in [-0.4, -0.2) is 21.3 Å². The molecule has 19 heavy (non-hydrogen) atoms. The van der Waals surface area contributed by atoms with Gasteiger partial charge < -0.3 is 5.32 Å². The summed E-state index contributed by atoms with van der Waals surface area (Å²) in [6.07, 6.45) is 1.81. The Bertz CT molecular complexity index is 547. The second kappa shape index (κ2) is 6.50. The van der Waals surface area contributed by atoms with Crippen LogP contribution in [-0.2, 0) is 26.4 Å². The van der Waals surface area contributed by atoms with E-state index in [0.29, 0.717) is 0 Å². The Hall–Kier alpha value is -0.910. The molecule has 0 amide bonds. The van der Waals surface area contributed by atoms with Gasteiger partial charge >= 0.3 is 0 Å². The fraction of sp³-hybridized carbons (Fsp3) is 0.538. The van der Waals surface area contributed by atoms with E-state index in [0.717, 1.165) is 53.0 Å². The molecule has 0 spiro atoms. The van der Waals surface area contributed by atoms with E-state index in [2.05, 4.69) is 27.7 Å². The fourth-order valence-electron chi connectivity index (χ4n) is 1.96. The van der Waals surface area contributed by atoms with Crippen molar-refractivity contribution < 1.29 is 0 Å². The molecule has 104 valence electrons. The van der Waals surface area contributed by atoms with E-state index in [1.54, 1.807) is 11.3 Å². The Balaban J connectivity index is 1.84. The Labute approximate surface area is 122 Å². The zero-order valence-electron chi connectivity index (χ0n) is 11.5. The van der Waals surface area contributed by atoms with Gasteiger partial charge in [0.2, 0.25) is 0 Å². The molecule has 0 aliphatic carbocycles. The van der Waals surface area contributed by atoms with Crippen molar-refractivity contribution in [3.8, 4) is 0 Å². The highest BCUT2D eigenvalue weighted by Crippen LogP contribution is 2.20. The Kier molecular flexibility index (Phi) is 4.96. The van der Waals surface area contributed by atoms with Gasteiger partial charge in [-0.25, -0.2) is 4.98 Å². The molecule has 0 fully saturated rings. The Morgan fingerprint density at radius 2 is 2.26 bits per heavy atom. The van der Waals surface area contributed by atoms with Gasteiger partial charge in [0.15, 0.2) is 0 Å². The number of hydrogen-bond acceptors (Lipinski definition) is 4. The van der Waals surface area contributed by atoms with Crippen molar-refractivity contribution in [2.24, 2.45) is 7.05 Å². The predicted molar refractivity (Wildman–Crippen MR) is 79.9 cm³/mol. The molecule has 0 aliphatic heterocycles. The SMILES string of the molecule is CCc1nn(C)c(CNCCc2csc(C)n2)c1Cl. The number of nitrogens with one attached hydrogen (secondary N) is 1. The van der Waals surface area contributed by atoms with Gasteiger partial charge in [-0.15, -0.1) is 11.3 Å². The average molecular weight is 299 g/mol. The van der Waals surface area contributed by atoms with Gasteiger partial charge in [0.05, 0.1) is 27.1 Å². The van der Waals surface area contributed by atoms with Crippen LogP contribution in [0.5, 0.6) is 0 Å². The highest BCUT2D eigenvalue weighted by atomic mass is 35.5. The van der Waals surface area contributed by atoms with Gasteiger partial charge in [0.1, 0.15) is 0 Å². The molecule has 0 unspecified atom stereocenters. The zero-order chi connectivity index (χ0) is 13.8. The number of rotatable bonds is 6. The average Bonchev–Trinajstić information content (AvgIpc) is 2.91. The number of nitrogens with zero attached hydrogens (tertiary/aromatic N) is 3. The van der Waals surface area contributed by atoms with E-state index >= 15 is 0 Å². The van der Waals surface area contributed by atoms with E-state index < -0.39 is 0 Å². The molecule has 2 heterocycles. The molecule has 0 aliphatic rings. The second-order valence-electron chi connectivity index (χ2n) is 4.47. The maximum absolute atomic E-state index is 6.30. The summed E-state index contributed by atoms with van der Waals surface area (Å²) in [5.74, 6) is 0. The van der Waals surface area contributed by atoms with Gasteiger partial charge in [-0.3, -0.25) is 4.68 Å². The summed E-state index contributed by atoms with van der Waals surface area (Å²) >= 11 is 7.99. The molecule has 0 bridgehead atoms. The van der Waals surface area contributed by atoms with Crippen LogP contribution in [0.2, 0.25) is 5.02 Å². The topological polar surface area (TPSA) is 42.7 Å². The molecule has 1 N–H and O–H groups in total. The highest BCUT2D eigenvalue weighted by Gasteiger charge is 2.12. The summed E-state index contributed by atoms with van der Waals surface area (Å²) in [5, 5.41) is 11.8. The number of hydrogen-bond donors (Lipinski definition) is 1. The van der Waals surface area contributed by atoms with Crippen LogP contribution in [0.15, 0.2) is 5.38 Å². The lowest BCUT2D eigenvalue weighted by atomic mass is 10.3. The quantitative estimate of drug-likeness (QED) is 0.834. The summed E-state index contributed by atoms with van der Waals surface area (Å²) in [5.41, 5.74) is 3.17. The normalized spacial score (nSPS) is 11.2. The summed E-state index contributed by atoms with van der Waals surface area (Å²) in [6, 6.07) is 0. The van der Waals surface area contributed by atoms with Gasteiger partial charge in [-0.1, -0.05) is 18.5 Å². The number of thiazole rings is 1. The van der Waals surface area contributed by atoms with Crippen LogP contribution in [0.4, 0.5) is 0 Å². The summed E-state index contributed by atoms with van der Waals surface area (Å²) in [4.78, 5) is 4.44. The maximum atomic E-state index is 6.30. The molecule has 0 saturated heterocycles. The minimum atomic E-state index is 0.742. The van der Waals surface area contributed by atoms with E-state index in [4.69, 9.17) is 11.6 Å². The number of halogens is 1. The first kappa shape index (κ1) is 14.5. The molecule has 4 nitrogen and oxygen atoms in total. The second-order valence-corrected chi connectivity index (χ2v) is 5.91. The molecule has 0 saturated carbocycles. The smallest absolute Gasteiger partial charge is 0.0897 e. The van der Waals surface area contributed by atoms with Crippen molar-refractivity contribution in [2.45, 2.75) is 33.2 Å². The largest absolute Gasteiger partial charge is 0.311 e. The van der Waals surface area contributed by atoms with Crippen molar-refractivity contribution in [1.82, 2.24) is 20.1 Å². The highest BCUT2D eigenvalue weighted by molar-refractivity contribution is 7.09. The molecular formula is C13H19ClN4S. The Morgan fingerprint density at radius 1 is 1.47 bits per heavy atom. The van der Waals surface area contributed by atoms with Crippen LogP contribution < -0.4 is 5.32 Å². The van der Waals surface area contributed by atoms with Crippen molar-refractivity contribution in [3.05, 3.63) is 32.5 Å². The lowest BCUT2D eigenvalue weighted by molar-refractivity contribution is 0.621. The van der Waals surface area contributed by atoms with Crippen LogP contribution in [0.25, 0.3) is 0 Å². The van der Waals surface area contributed by atoms with E-state index in [-0.39, 0.29) is 0 Å². The molecule has 2 aromatic rings. The molecule has 0 aromatic carbocycles. The monoisotopic (exact) mass is 298 g/mol. The molecule has 2 aromatic heterocycles. The fourth-order valence-corrected chi connectivity index (χ4v) is 2.97. The van der Waals surface area contributed by atoms with Gasteiger partial charge in [-0.05, 0) is 13.3 Å². The minimum Gasteiger partial charge on any atom is -0.311 e. The third-order valence-corrected chi connectivity index (χ3v) is 4.28. The van der Waals surface area contributed by atoms with E-state index in [1.807, 2.05) is 18.7 Å². The lowest BCUT2D eigenvalue weighted by Crippen LogP contribution is -2.19. The standard InChI is InChI=1S/C13H19ClN4S/c1-4-11-13(14)12(18(3)17-11)7-15-6-5-10-8-19-9(2)16-10/h8,15H,4-7H2,1-3H3. The van der Waals surface area contributed by atoms with Crippen LogP contribution in [0.3, 0.4) is 0 Å². The number of aromatic nitrogens is 3. The van der Waals surface area contributed by atoms with Crippen LogP contribution in [0.1, 0.15) is 29.0 Å². The van der Waals surface area contributed by atoms with Crippen LogP contribution >= 0.6 is 22.9 Å². The van der Waals surface area contributed by atoms with Gasteiger partial charge in [0.25, 0.3) is 0 Å². The third-order valence-electron chi connectivity index (χ3n) is 3.02. The summed E-state index contributed by atoms with van der Waals surface area (Å²) < 4.78 is 1.86. The van der Waals surface area contributed by atoms with Gasteiger partial charge in [0, 0.05) is 31.9 Å². The van der Waals surface area contributed by atoms with E-state index in [1.165, 1.54) is 0 Å². The molecule has 6 heteroatoms. The third kappa shape index (κ3) is 3.55. The summed E-state index contributed by atoms with van der Waals surface area (Å²) in [7, 11) is 1.94. The lowest BCUT2D eigenvalue weighted by Gasteiger charge is -2.04. The molecule has 0 atom stereocenters. The first-order chi connectivity index (χ1) is 9.11. The van der Waals surface area contributed by atoms with Crippen LogP contribution in [0, 0.1) is 6.92 Å². The zero-order valence-corrected chi connectivity index (χ0v) is 13.1.